The minimum atomic E-state index is -0.391. The van der Waals surface area contributed by atoms with Crippen LogP contribution in [-0.4, -0.2) is 24.4 Å². The normalized spacial score (nSPS) is 9.85. The molecule has 0 saturated carbocycles. The van der Waals surface area contributed by atoms with Crippen LogP contribution in [0.4, 0.5) is 5.69 Å². The average Bonchev–Trinajstić information content (AvgIpc) is 2.48. The highest BCUT2D eigenvalue weighted by atomic mass is 16.5. The van der Waals surface area contributed by atoms with E-state index in [-0.39, 0.29) is 11.5 Å². The van der Waals surface area contributed by atoms with Gasteiger partial charge in [0.25, 0.3) is 5.91 Å². The number of aldehydes is 1. The topological polar surface area (TPSA) is 75.6 Å². The van der Waals surface area contributed by atoms with Crippen LogP contribution in [0.1, 0.15) is 20.7 Å². The molecule has 102 valence electrons. The molecule has 0 unspecified atom stereocenters. The third kappa shape index (κ3) is 2.77. The lowest BCUT2D eigenvalue weighted by Gasteiger charge is -2.09. The van der Waals surface area contributed by atoms with Gasteiger partial charge < -0.3 is 15.2 Å². The van der Waals surface area contributed by atoms with E-state index in [0.29, 0.717) is 23.1 Å². The highest BCUT2D eigenvalue weighted by Crippen LogP contribution is 2.26. The Balaban J connectivity index is 2.26. The molecule has 0 saturated heterocycles. The minimum absolute atomic E-state index is 0.0441. The fourth-order valence-electron chi connectivity index (χ4n) is 1.73. The fraction of sp³-hybridized carbons (Fsp3) is 0.0667. The van der Waals surface area contributed by atoms with Crippen molar-refractivity contribution in [2.75, 3.05) is 12.4 Å². The van der Waals surface area contributed by atoms with E-state index in [2.05, 4.69) is 5.32 Å². The van der Waals surface area contributed by atoms with E-state index < -0.39 is 5.91 Å². The third-order valence-corrected chi connectivity index (χ3v) is 2.78. The van der Waals surface area contributed by atoms with Gasteiger partial charge in [-0.05, 0) is 30.3 Å². The van der Waals surface area contributed by atoms with E-state index in [0.717, 1.165) is 0 Å². The summed E-state index contributed by atoms with van der Waals surface area (Å²) in [5.41, 5.74) is 1.14. The van der Waals surface area contributed by atoms with Crippen LogP contribution < -0.4 is 10.1 Å². The second kappa shape index (κ2) is 5.88. The lowest BCUT2D eigenvalue weighted by Crippen LogP contribution is -2.13. The lowest BCUT2D eigenvalue weighted by molar-refractivity contribution is 0.102. The number of methoxy groups -OCH3 is 1. The van der Waals surface area contributed by atoms with E-state index in [1.807, 2.05) is 0 Å². The van der Waals surface area contributed by atoms with Crippen LogP contribution in [0.15, 0.2) is 42.5 Å². The molecule has 0 fully saturated rings. The van der Waals surface area contributed by atoms with Crippen LogP contribution in [0, 0.1) is 0 Å². The number of phenolic OH excluding ortho intramolecular Hbond substituents is 1. The van der Waals surface area contributed by atoms with Gasteiger partial charge in [0.05, 0.1) is 12.8 Å². The first-order valence-corrected chi connectivity index (χ1v) is 5.88. The van der Waals surface area contributed by atoms with Crippen molar-refractivity contribution < 1.29 is 19.4 Å². The summed E-state index contributed by atoms with van der Waals surface area (Å²) in [4.78, 5) is 23.0. The van der Waals surface area contributed by atoms with Crippen LogP contribution in [0.25, 0.3) is 0 Å². The molecule has 0 aliphatic rings. The number of hydrogen-bond donors (Lipinski definition) is 2. The number of carbonyl (C=O) groups excluding carboxylic acids is 2. The maximum absolute atomic E-state index is 12.1. The molecule has 1 amide bonds. The molecular formula is C15H13NO4. The Morgan fingerprint density at radius 2 is 2.00 bits per heavy atom. The average molecular weight is 271 g/mol. The number of carbonyl (C=O) groups is 2. The Kier molecular flexibility index (Phi) is 4.00. The summed E-state index contributed by atoms with van der Waals surface area (Å²) in [5, 5.41) is 12.1. The maximum atomic E-state index is 12.1. The molecule has 2 rings (SSSR count). The number of aromatic hydroxyl groups is 1. The number of anilines is 1. The van der Waals surface area contributed by atoms with Gasteiger partial charge in [0, 0.05) is 11.1 Å². The Morgan fingerprint density at radius 3 is 2.70 bits per heavy atom. The van der Waals surface area contributed by atoms with Gasteiger partial charge in [-0.15, -0.1) is 0 Å². The van der Waals surface area contributed by atoms with Crippen molar-refractivity contribution in [3.63, 3.8) is 0 Å². The molecule has 0 aromatic heterocycles. The van der Waals surface area contributed by atoms with Gasteiger partial charge >= 0.3 is 0 Å². The van der Waals surface area contributed by atoms with Gasteiger partial charge in [0.2, 0.25) is 0 Å². The second-order valence-electron chi connectivity index (χ2n) is 4.05. The Hall–Kier alpha value is -2.82. The number of para-hydroxylation sites is 1. The summed E-state index contributed by atoms with van der Waals surface area (Å²) in [6.45, 7) is 0. The predicted molar refractivity (Wildman–Crippen MR) is 74.4 cm³/mol. The number of rotatable bonds is 4. The summed E-state index contributed by atoms with van der Waals surface area (Å²) in [7, 11) is 1.40. The number of hydrogen-bond acceptors (Lipinski definition) is 4. The molecule has 0 aliphatic carbocycles. The lowest BCUT2D eigenvalue weighted by atomic mass is 10.1. The molecule has 0 radical (unpaired) electrons. The molecule has 2 N–H and O–H groups in total. The zero-order valence-corrected chi connectivity index (χ0v) is 10.8. The Morgan fingerprint density at radius 1 is 1.25 bits per heavy atom. The van der Waals surface area contributed by atoms with Crippen molar-refractivity contribution in [2.24, 2.45) is 0 Å². The predicted octanol–water partition coefficient (Wildman–Crippen LogP) is 2.47. The molecule has 0 atom stereocenters. The molecule has 5 nitrogen and oxygen atoms in total. The zero-order valence-electron chi connectivity index (χ0n) is 10.8. The Labute approximate surface area is 115 Å². The first-order chi connectivity index (χ1) is 9.65. The van der Waals surface area contributed by atoms with Crippen LogP contribution in [0.2, 0.25) is 0 Å². The van der Waals surface area contributed by atoms with Gasteiger partial charge in [0.1, 0.15) is 0 Å². The Bertz CT molecular complexity index is 652. The van der Waals surface area contributed by atoms with Gasteiger partial charge in [-0.25, -0.2) is 0 Å². The smallest absolute Gasteiger partial charge is 0.255 e. The van der Waals surface area contributed by atoms with Crippen molar-refractivity contribution in [1.29, 1.82) is 0 Å². The second-order valence-corrected chi connectivity index (χ2v) is 4.05. The van der Waals surface area contributed by atoms with Crippen molar-refractivity contribution in [1.82, 2.24) is 0 Å². The van der Waals surface area contributed by atoms with E-state index in [1.165, 1.54) is 25.3 Å². The molecule has 0 spiro atoms. The van der Waals surface area contributed by atoms with E-state index in [4.69, 9.17) is 4.74 Å². The van der Waals surface area contributed by atoms with Crippen molar-refractivity contribution >= 4 is 17.9 Å². The van der Waals surface area contributed by atoms with Crippen molar-refractivity contribution in [3.8, 4) is 11.5 Å². The molecule has 0 aliphatic heterocycles. The minimum Gasteiger partial charge on any atom is -0.504 e. The third-order valence-electron chi connectivity index (χ3n) is 2.78. The monoisotopic (exact) mass is 271 g/mol. The number of ether oxygens (including phenoxy) is 1. The van der Waals surface area contributed by atoms with Crippen LogP contribution in [0.5, 0.6) is 11.5 Å². The summed E-state index contributed by atoms with van der Waals surface area (Å²) in [5.74, 6) is -0.226. The van der Waals surface area contributed by atoms with Crippen LogP contribution in [-0.2, 0) is 0 Å². The van der Waals surface area contributed by atoms with Crippen LogP contribution >= 0.6 is 0 Å². The van der Waals surface area contributed by atoms with Gasteiger partial charge in [0.15, 0.2) is 17.8 Å². The van der Waals surface area contributed by atoms with E-state index in [9.17, 15) is 14.7 Å². The highest BCUT2D eigenvalue weighted by molar-refractivity contribution is 6.06. The molecule has 0 bridgehead atoms. The van der Waals surface area contributed by atoms with Crippen LogP contribution in [0.3, 0.4) is 0 Å². The fourth-order valence-corrected chi connectivity index (χ4v) is 1.73. The molecule has 2 aromatic rings. The van der Waals surface area contributed by atoms with Gasteiger partial charge in [-0.2, -0.15) is 0 Å². The SMILES string of the molecule is COc1cc(C(=O)Nc2ccccc2C=O)ccc1O. The quantitative estimate of drug-likeness (QED) is 0.837. The zero-order chi connectivity index (χ0) is 14.5. The molecule has 20 heavy (non-hydrogen) atoms. The number of benzene rings is 2. The van der Waals surface area contributed by atoms with Crippen molar-refractivity contribution in [2.45, 2.75) is 0 Å². The summed E-state index contributed by atoms with van der Waals surface area (Å²) < 4.78 is 4.94. The number of nitrogens with one attached hydrogen (secondary N) is 1. The maximum Gasteiger partial charge on any atom is 0.255 e. The first-order valence-electron chi connectivity index (χ1n) is 5.88. The van der Waals surface area contributed by atoms with Gasteiger partial charge in [-0.3, -0.25) is 9.59 Å². The van der Waals surface area contributed by atoms with Gasteiger partial charge in [-0.1, -0.05) is 12.1 Å². The summed E-state index contributed by atoms with van der Waals surface area (Å²) >= 11 is 0. The molecular weight excluding hydrogens is 258 g/mol. The van der Waals surface area contributed by atoms with E-state index in [1.54, 1.807) is 24.3 Å². The van der Waals surface area contributed by atoms with Crippen molar-refractivity contribution in [3.05, 3.63) is 53.6 Å². The summed E-state index contributed by atoms with van der Waals surface area (Å²) in [6, 6.07) is 11.0. The number of phenols is 1. The highest BCUT2D eigenvalue weighted by Gasteiger charge is 2.11. The standard InChI is InChI=1S/C15H13NO4/c1-20-14-8-10(6-7-13(14)18)15(19)16-12-5-3-2-4-11(12)9-17/h2-9,18H,1H3,(H,16,19). The first kappa shape index (κ1) is 13.6. The van der Waals surface area contributed by atoms with E-state index >= 15 is 0 Å². The number of amides is 1. The largest absolute Gasteiger partial charge is 0.504 e. The molecule has 5 heteroatoms. The summed E-state index contributed by atoms with van der Waals surface area (Å²) in [6.07, 6.45) is 0.674. The molecule has 0 heterocycles. The molecule has 2 aromatic carbocycles.